The fourth-order valence-electron chi connectivity index (χ4n) is 3.39. The molecule has 0 aliphatic carbocycles. The molecule has 8 heteroatoms. The second-order valence-corrected chi connectivity index (χ2v) is 6.06. The van der Waals surface area contributed by atoms with E-state index in [1.807, 2.05) is 0 Å². The second-order valence-electron chi connectivity index (χ2n) is 6.06. The van der Waals surface area contributed by atoms with Gasteiger partial charge in [-0.2, -0.15) is 0 Å². The Bertz CT molecular complexity index is 917. The summed E-state index contributed by atoms with van der Waals surface area (Å²) in [4.78, 5) is 26.3. The molecule has 2 aromatic carbocycles. The van der Waals surface area contributed by atoms with Crippen LogP contribution >= 0.6 is 0 Å². The molecule has 1 aliphatic rings. The molecule has 1 aliphatic heterocycles. The number of carbonyl (C=O) groups is 2. The number of benzene rings is 2. The molecule has 0 radical (unpaired) electrons. The van der Waals surface area contributed by atoms with E-state index >= 15 is 0 Å². The Labute approximate surface area is 153 Å². The number of hydrogen-bond acceptors (Lipinski definition) is 5. The largest absolute Gasteiger partial charge is 0.508 e. The van der Waals surface area contributed by atoms with Gasteiger partial charge in [-0.15, -0.1) is 0 Å². The predicted molar refractivity (Wildman–Crippen MR) is 91.3 cm³/mol. The van der Waals surface area contributed by atoms with Crippen molar-refractivity contribution in [3.05, 3.63) is 59.2 Å². The first-order valence-electron chi connectivity index (χ1n) is 8.23. The molecule has 2 N–H and O–H groups in total. The Balaban J connectivity index is 2.20. The Kier molecular flexibility index (Phi) is 4.84. The van der Waals surface area contributed by atoms with Crippen molar-refractivity contribution in [3.63, 3.8) is 0 Å². The minimum absolute atomic E-state index is 0.123. The predicted octanol–water partition coefficient (Wildman–Crippen LogP) is 1.86. The first-order valence-corrected chi connectivity index (χ1v) is 8.23. The molecule has 1 amide bonds. The summed E-state index contributed by atoms with van der Waals surface area (Å²) >= 11 is 0. The van der Waals surface area contributed by atoms with Crippen LogP contribution in [0.1, 0.15) is 18.1 Å². The lowest BCUT2D eigenvalue weighted by Crippen LogP contribution is -2.45. The fraction of sp³-hybridized carbons (Fsp3) is 0.263. The number of aliphatic hydroxyl groups is 1. The van der Waals surface area contributed by atoms with E-state index in [-0.39, 0.29) is 17.7 Å². The van der Waals surface area contributed by atoms with Crippen LogP contribution in [0.4, 0.5) is 14.5 Å². The average molecular weight is 377 g/mol. The monoisotopic (exact) mass is 377 g/mol. The quantitative estimate of drug-likeness (QED) is 0.777. The Morgan fingerprint density at radius 1 is 1.19 bits per heavy atom. The van der Waals surface area contributed by atoms with Gasteiger partial charge in [0.05, 0.1) is 13.2 Å². The van der Waals surface area contributed by atoms with Crippen LogP contribution in [0.25, 0.3) is 0 Å². The van der Waals surface area contributed by atoms with Gasteiger partial charge in [-0.3, -0.25) is 14.5 Å². The number of nitrogens with zero attached hydrogens (tertiary/aromatic N) is 1. The van der Waals surface area contributed by atoms with Crippen LogP contribution in [-0.2, 0) is 19.7 Å². The van der Waals surface area contributed by atoms with Crippen LogP contribution in [0, 0.1) is 11.6 Å². The molecule has 6 nitrogen and oxygen atoms in total. The highest BCUT2D eigenvalue weighted by molar-refractivity contribution is 6.12. The van der Waals surface area contributed by atoms with E-state index in [2.05, 4.69) is 0 Å². The van der Waals surface area contributed by atoms with Gasteiger partial charge < -0.3 is 14.9 Å². The number of anilines is 1. The molecule has 0 aromatic heterocycles. The summed E-state index contributed by atoms with van der Waals surface area (Å²) in [6, 6.07) is 7.54. The number of carbonyl (C=O) groups excluding carboxylic acids is 2. The van der Waals surface area contributed by atoms with Gasteiger partial charge in [0.2, 0.25) is 5.91 Å². The number of para-hydroxylation sites is 1. The number of fused-ring (bicyclic) bond motifs is 1. The fourth-order valence-corrected chi connectivity index (χ4v) is 3.39. The molecule has 0 spiro atoms. The van der Waals surface area contributed by atoms with Crippen molar-refractivity contribution in [1.29, 1.82) is 0 Å². The SMILES string of the molecule is CCOC(=O)CN1C(=O)C(CO)(c2cc(F)c(F)cc2O)c2ccccc21. The molecule has 1 unspecified atom stereocenters. The van der Waals surface area contributed by atoms with Crippen LogP contribution < -0.4 is 4.90 Å². The van der Waals surface area contributed by atoms with Crippen molar-refractivity contribution in [3.8, 4) is 5.75 Å². The number of ether oxygens (including phenoxy) is 1. The van der Waals surface area contributed by atoms with Gasteiger partial charge in [0.15, 0.2) is 11.6 Å². The average Bonchev–Trinajstić information content (AvgIpc) is 2.88. The molecular formula is C19H17F2NO5. The van der Waals surface area contributed by atoms with Crippen LogP contribution in [0.15, 0.2) is 36.4 Å². The molecule has 3 rings (SSSR count). The number of hydrogen-bond donors (Lipinski definition) is 2. The maximum Gasteiger partial charge on any atom is 0.326 e. The molecule has 1 atom stereocenters. The van der Waals surface area contributed by atoms with E-state index in [1.54, 1.807) is 25.1 Å². The van der Waals surface area contributed by atoms with Crippen LogP contribution in [-0.4, -0.2) is 41.8 Å². The number of aromatic hydroxyl groups is 1. The number of esters is 1. The van der Waals surface area contributed by atoms with Crippen molar-refractivity contribution in [2.45, 2.75) is 12.3 Å². The first kappa shape index (κ1) is 18.8. The van der Waals surface area contributed by atoms with Crippen LogP contribution in [0.2, 0.25) is 0 Å². The summed E-state index contributed by atoms with van der Waals surface area (Å²) in [6.45, 7) is 0.503. The molecule has 0 saturated heterocycles. The number of phenolic OH excluding ortho intramolecular Hbond substituents is 1. The van der Waals surface area contributed by atoms with Gasteiger partial charge in [-0.1, -0.05) is 18.2 Å². The minimum Gasteiger partial charge on any atom is -0.508 e. The highest BCUT2D eigenvalue weighted by Crippen LogP contribution is 2.48. The Morgan fingerprint density at radius 3 is 2.52 bits per heavy atom. The second kappa shape index (κ2) is 6.96. The van der Waals surface area contributed by atoms with Crippen LogP contribution in [0.3, 0.4) is 0 Å². The van der Waals surface area contributed by atoms with E-state index < -0.39 is 47.8 Å². The summed E-state index contributed by atoms with van der Waals surface area (Å²) < 4.78 is 32.2. The summed E-state index contributed by atoms with van der Waals surface area (Å²) in [6.07, 6.45) is 0. The summed E-state index contributed by atoms with van der Waals surface area (Å²) in [5.74, 6) is -4.65. The number of phenols is 1. The zero-order valence-electron chi connectivity index (χ0n) is 14.4. The van der Waals surface area contributed by atoms with Crippen LogP contribution in [0.5, 0.6) is 5.75 Å². The number of rotatable bonds is 5. The van der Waals surface area contributed by atoms with Crippen molar-refractivity contribution < 1.29 is 33.3 Å². The zero-order chi connectivity index (χ0) is 19.8. The van der Waals surface area contributed by atoms with Crippen molar-refractivity contribution in [2.24, 2.45) is 0 Å². The summed E-state index contributed by atoms with van der Waals surface area (Å²) in [7, 11) is 0. The smallest absolute Gasteiger partial charge is 0.326 e. The maximum atomic E-state index is 13.9. The Morgan fingerprint density at radius 2 is 1.85 bits per heavy atom. The van der Waals surface area contributed by atoms with E-state index in [9.17, 15) is 28.6 Å². The van der Waals surface area contributed by atoms with Gasteiger partial charge in [0, 0.05) is 17.3 Å². The normalized spacial score (nSPS) is 18.5. The lowest BCUT2D eigenvalue weighted by Gasteiger charge is -2.28. The highest BCUT2D eigenvalue weighted by Gasteiger charge is 2.53. The van der Waals surface area contributed by atoms with Gasteiger partial charge in [0.25, 0.3) is 0 Å². The first-order chi connectivity index (χ1) is 12.9. The van der Waals surface area contributed by atoms with Crippen molar-refractivity contribution in [1.82, 2.24) is 0 Å². The minimum atomic E-state index is -1.87. The summed E-state index contributed by atoms with van der Waals surface area (Å²) in [5.41, 5.74) is -1.58. The van der Waals surface area contributed by atoms with Crippen molar-refractivity contribution >= 4 is 17.6 Å². The van der Waals surface area contributed by atoms with Crippen molar-refractivity contribution in [2.75, 3.05) is 24.7 Å². The van der Waals surface area contributed by atoms with E-state index in [0.29, 0.717) is 17.8 Å². The number of aliphatic hydroxyl groups excluding tert-OH is 1. The van der Waals surface area contributed by atoms with E-state index in [1.165, 1.54) is 6.07 Å². The number of halogens is 2. The topological polar surface area (TPSA) is 87.1 Å². The Hall–Kier alpha value is -3.00. The third-order valence-corrected chi connectivity index (χ3v) is 4.59. The lowest BCUT2D eigenvalue weighted by molar-refractivity contribution is -0.142. The number of amides is 1. The molecule has 1 heterocycles. The third-order valence-electron chi connectivity index (χ3n) is 4.59. The molecule has 0 bridgehead atoms. The molecule has 0 fully saturated rings. The zero-order valence-corrected chi connectivity index (χ0v) is 14.4. The van der Waals surface area contributed by atoms with E-state index in [4.69, 9.17) is 4.74 Å². The van der Waals surface area contributed by atoms with Gasteiger partial charge >= 0.3 is 5.97 Å². The lowest BCUT2D eigenvalue weighted by atomic mass is 9.75. The van der Waals surface area contributed by atoms with Gasteiger partial charge in [-0.25, -0.2) is 8.78 Å². The molecule has 27 heavy (non-hydrogen) atoms. The maximum absolute atomic E-state index is 13.9. The molecule has 0 saturated carbocycles. The standard InChI is InChI=1S/C19H17F2NO5/c1-2-27-17(25)9-22-15-6-4-3-5-11(15)19(10-23,18(22)26)12-7-13(20)14(21)8-16(12)24/h3-8,23-24H,2,9-10H2,1H3. The third kappa shape index (κ3) is 2.82. The molecule has 2 aromatic rings. The molecular weight excluding hydrogens is 360 g/mol. The highest BCUT2D eigenvalue weighted by atomic mass is 19.2. The molecule has 142 valence electrons. The van der Waals surface area contributed by atoms with E-state index in [0.717, 1.165) is 4.90 Å². The summed E-state index contributed by atoms with van der Waals surface area (Å²) in [5, 5.41) is 20.3. The van der Waals surface area contributed by atoms with Gasteiger partial charge in [-0.05, 0) is 24.6 Å². The van der Waals surface area contributed by atoms with Gasteiger partial charge in [0.1, 0.15) is 17.7 Å².